The Bertz CT molecular complexity index is 382. The molecule has 1 fully saturated rings. The molecule has 1 aromatic carbocycles. The zero-order valence-corrected chi connectivity index (χ0v) is 11.6. The van der Waals surface area contributed by atoms with Crippen LogP contribution < -0.4 is 10.5 Å². The number of nitrogens with two attached hydrogens (primary N) is 1. The van der Waals surface area contributed by atoms with Gasteiger partial charge in [0.25, 0.3) is 0 Å². The zero-order valence-electron chi connectivity index (χ0n) is 11.6. The van der Waals surface area contributed by atoms with Crippen LogP contribution in [0, 0.1) is 5.41 Å². The molecule has 1 aromatic rings. The molecule has 1 unspecified atom stereocenters. The second-order valence-electron chi connectivity index (χ2n) is 5.88. The predicted octanol–water partition coefficient (Wildman–Crippen LogP) is 3.54. The van der Waals surface area contributed by atoms with E-state index in [0.29, 0.717) is 5.41 Å². The first-order valence-electron chi connectivity index (χ1n) is 7.02. The SMILES string of the molecule is COc1cccc(CC(N)C2(C)CCCCC2)c1. The van der Waals surface area contributed by atoms with Crippen molar-refractivity contribution >= 4 is 0 Å². The quantitative estimate of drug-likeness (QED) is 0.883. The van der Waals surface area contributed by atoms with E-state index in [-0.39, 0.29) is 6.04 Å². The molecule has 2 N–H and O–H groups in total. The first-order chi connectivity index (χ1) is 8.64. The van der Waals surface area contributed by atoms with E-state index >= 15 is 0 Å². The van der Waals surface area contributed by atoms with Gasteiger partial charge in [0.15, 0.2) is 0 Å². The fraction of sp³-hybridized carbons (Fsp3) is 0.625. The molecule has 2 rings (SSSR count). The van der Waals surface area contributed by atoms with Crippen molar-refractivity contribution in [3.63, 3.8) is 0 Å². The average molecular weight is 247 g/mol. The van der Waals surface area contributed by atoms with Crippen LogP contribution in [-0.2, 0) is 6.42 Å². The summed E-state index contributed by atoms with van der Waals surface area (Å²) in [4.78, 5) is 0. The van der Waals surface area contributed by atoms with Gasteiger partial charge in [0, 0.05) is 6.04 Å². The van der Waals surface area contributed by atoms with Crippen molar-refractivity contribution in [2.45, 2.75) is 51.5 Å². The molecule has 100 valence electrons. The zero-order chi connectivity index (χ0) is 13.0. The molecule has 2 nitrogen and oxygen atoms in total. The second-order valence-corrected chi connectivity index (χ2v) is 5.88. The number of ether oxygens (including phenoxy) is 1. The van der Waals surface area contributed by atoms with Gasteiger partial charge in [0.1, 0.15) is 5.75 Å². The van der Waals surface area contributed by atoms with Crippen LogP contribution >= 0.6 is 0 Å². The van der Waals surface area contributed by atoms with Crippen molar-refractivity contribution in [1.29, 1.82) is 0 Å². The topological polar surface area (TPSA) is 35.2 Å². The van der Waals surface area contributed by atoms with E-state index in [1.807, 2.05) is 12.1 Å². The number of benzene rings is 1. The average Bonchev–Trinajstić information content (AvgIpc) is 2.40. The maximum atomic E-state index is 6.47. The molecule has 0 amide bonds. The van der Waals surface area contributed by atoms with Crippen molar-refractivity contribution in [3.05, 3.63) is 29.8 Å². The minimum absolute atomic E-state index is 0.255. The largest absolute Gasteiger partial charge is 0.497 e. The molecule has 1 aliphatic rings. The maximum Gasteiger partial charge on any atom is 0.119 e. The highest BCUT2D eigenvalue weighted by Crippen LogP contribution is 2.39. The van der Waals surface area contributed by atoms with Crippen LogP contribution in [0.4, 0.5) is 0 Å². The van der Waals surface area contributed by atoms with Gasteiger partial charge in [0.2, 0.25) is 0 Å². The highest BCUT2D eigenvalue weighted by molar-refractivity contribution is 5.29. The van der Waals surface area contributed by atoms with Gasteiger partial charge in [0.05, 0.1) is 7.11 Å². The molecule has 1 atom stereocenters. The summed E-state index contributed by atoms with van der Waals surface area (Å²) < 4.78 is 5.27. The van der Waals surface area contributed by atoms with E-state index in [2.05, 4.69) is 19.1 Å². The van der Waals surface area contributed by atoms with Gasteiger partial charge in [-0.25, -0.2) is 0 Å². The molecule has 18 heavy (non-hydrogen) atoms. The highest BCUT2D eigenvalue weighted by atomic mass is 16.5. The van der Waals surface area contributed by atoms with Crippen LogP contribution in [0.3, 0.4) is 0 Å². The van der Waals surface area contributed by atoms with Crippen LogP contribution in [-0.4, -0.2) is 13.2 Å². The minimum Gasteiger partial charge on any atom is -0.497 e. The Morgan fingerprint density at radius 1 is 1.28 bits per heavy atom. The van der Waals surface area contributed by atoms with Gasteiger partial charge >= 0.3 is 0 Å². The minimum atomic E-state index is 0.255. The van der Waals surface area contributed by atoms with Gasteiger partial charge in [-0.3, -0.25) is 0 Å². The van der Waals surface area contributed by atoms with Crippen molar-refractivity contribution in [2.24, 2.45) is 11.1 Å². The van der Waals surface area contributed by atoms with Crippen LogP contribution in [0.2, 0.25) is 0 Å². The summed E-state index contributed by atoms with van der Waals surface area (Å²) in [5, 5.41) is 0. The summed E-state index contributed by atoms with van der Waals surface area (Å²) in [5.74, 6) is 0.925. The van der Waals surface area contributed by atoms with Gasteiger partial charge in [-0.2, -0.15) is 0 Å². The molecule has 0 heterocycles. The van der Waals surface area contributed by atoms with Gasteiger partial charge in [-0.15, -0.1) is 0 Å². The Labute approximate surface area is 111 Å². The van der Waals surface area contributed by atoms with E-state index in [0.717, 1.165) is 12.2 Å². The van der Waals surface area contributed by atoms with Crippen molar-refractivity contribution in [3.8, 4) is 5.75 Å². The molecule has 0 saturated heterocycles. The van der Waals surface area contributed by atoms with E-state index in [9.17, 15) is 0 Å². The molecule has 0 radical (unpaired) electrons. The third kappa shape index (κ3) is 3.05. The fourth-order valence-electron chi connectivity index (χ4n) is 3.03. The fourth-order valence-corrected chi connectivity index (χ4v) is 3.03. The van der Waals surface area contributed by atoms with Crippen molar-refractivity contribution in [1.82, 2.24) is 0 Å². The summed E-state index contributed by atoms with van der Waals surface area (Å²) in [7, 11) is 1.71. The molecule has 0 aromatic heterocycles. The lowest BCUT2D eigenvalue weighted by Gasteiger charge is -2.39. The molecule has 1 saturated carbocycles. The van der Waals surface area contributed by atoms with Crippen LogP contribution in [0.25, 0.3) is 0 Å². The van der Waals surface area contributed by atoms with Crippen LogP contribution in [0.1, 0.15) is 44.6 Å². The number of methoxy groups -OCH3 is 1. The van der Waals surface area contributed by atoms with E-state index in [1.54, 1.807) is 7.11 Å². The smallest absolute Gasteiger partial charge is 0.119 e. The molecular formula is C16H25NO. The number of hydrogen-bond acceptors (Lipinski definition) is 2. The molecule has 1 aliphatic carbocycles. The standard InChI is InChI=1S/C16H25NO/c1-16(9-4-3-5-10-16)15(17)12-13-7-6-8-14(11-13)18-2/h6-8,11,15H,3-5,9-10,12,17H2,1-2H3. The molecular weight excluding hydrogens is 222 g/mol. The maximum absolute atomic E-state index is 6.47. The molecule has 2 heteroatoms. The third-order valence-corrected chi connectivity index (χ3v) is 4.48. The number of hydrogen-bond donors (Lipinski definition) is 1. The highest BCUT2D eigenvalue weighted by Gasteiger charge is 2.32. The van der Waals surface area contributed by atoms with Gasteiger partial charge < -0.3 is 10.5 Å². The summed E-state index contributed by atoms with van der Waals surface area (Å²) in [5.41, 5.74) is 8.07. The third-order valence-electron chi connectivity index (χ3n) is 4.48. The lowest BCUT2D eigenvalue weighted by molar-refractivity contribution is 0.168. The monoisotopic (exact) mass is 247 g/mol. The normalized spacial score (nSPS) is 20.4. The van der Waals surface area contributed by atoms with E-state index in [4.69, 9.17) is 10.5 Å². The lowest BCUT2D eigenvalue weighted by atomic mass is 9.69. The predicted molar refractivity (Wildman–Crippen MR) is 75.9 cm³/mol. The summed E-state index contributed by atoms with van der Waals surface area (Å²) in [6.07, 6.45) is 7.55. The Morgan fingerprint density at radius 3 is 2.67 bits per heavy atom. The Hall–Kier alpha value is -1.02. The first kappa shape index (κ1) is 13.4. The van der Waals surface area contributed by atoms with Crippen LogP contribution in [0.15, 0.2) is 24.3 Å². The van der Waals surface area contributed by atoms with E-state index in [1.165, 1.54) is 37.7 Å². The second kappa shape index (κ2) is 5.75. The van der Waals surface area contributed by atoms with Gasteiger partial charge in [-0.05, 0) is 42.4 Å². The molecule has 0 bridgehead atoms. The van der Waals surface area contributed by atoms with E-state index < -0.39 is 0 Å². The summed E-state index contributed by atoms with van der Waals surface area (Å²) >= 11 is 0. The van der Waals surface area contributed by atoms with Crippen molar-refractivity contribution < 1.29 is 4.74 Å². The Kier molecular flexibility index (Phi) is 4.28. The molecule has 0 spiro atoms. The summed E-state index contributed by atoms with van der Waals surface area (Å²) in [6, 6.07) is 8.53. The summed E-state index contributed by atoms with van der Waals surface area (Å²) in [6.45, 7) is 2.36. The van der Waals surface area contributed by atoms with Crippen LogP contribution in [0.5, 0.6) is 5.75 Å². The number of rotatable bonds is 4. The molecule has 0 aliphatic heterocycles. The Balaban J connectivity index is 2.03. The van der Waals surface area contributed by atoms with Crippen molar-refractivity contribution in [2.75, 3.05) is 7.11 Å². The lowest BCUT2D eigenvalue weighted by Crippen LogP contribution is -2.42. The van der Waals surface area contributed by atoms with Gasteiger partial charge in [-0.1, -0.05) is 38.3 Å². The first-order valence-corrected chi connectivity index (χ1v) is 7.02. The Morgan fingerprint density at radius 2 is 2.00 bits per heavy atom.